The first-order chi connectivity index (χ1) is 15.3. The molecule has 0 aromatic heterocycles. The number of benzene rings is 2. The quantitative estimate of drug-likeness (QED) is 0.602. The van der Waals surface area contributed by atoms with E-state index in [2.05, 4.69) is 4.40 Å². The number of sulfonamides is 1. The van der Waals surface area contributed by atoms with E-state index in [4.69, 9.17) is 15.2 Å². The number of nitrogens with zero attached hydrogens (tertiary/aromatic N) is 1. The smallest absolute Gasteiger partial charge is 0.263 e. The third kappa shape index (κ3) is 6.54. The van der Waals surface area contributed by atoms with Crippen LogP contribution in [0.5, 0.6) is 5.75 Å². The van der Waals surface area contributed by atoms with Gasteiger partial charge in [0.05, 0.1) is 0 Å². The Hall–Kier alpha value is -2.45. The largest absolute Gasteiger partial charge is 0.492 e. The first-order valence-corrected chi connectivity index (χ1v) is 12.5. The lowest BCUT2D eigenvalue weighted by molar-refractivity contribution is 0.0803. The molecule has 0 amide bonds. The van der Waals surface area contributed by atoms with E-state index in [1.807, 2.05) is 32.9 Å². The Morgan fingerprint density at radius 1 is 1.18 bits per heavy atom. The van der Waals surface area contributed by atoms with E-state index in [0.29, 0.717) is 17.9 Å². The normalized spacial score (nSPS) is 20.5. The maximum atomic E-state index is 14.1. The Kier molecular flexibility index (Phi) is 7.19. The summed E-state index contributed by atoms with van der Waals surface area (Å²) < 4.78 is 56.0. The molecule has 0 fully saturated rings. The van der Waals surface area contributed by atoms with Crippen LogP contribution in [0.2, 0.25) is 0 Å². The molecule has 0 bridgehead atoms. The molecule has 3 rings (SSSR count). The van der Waals surface area contributed by atoms with Gasteiger partial charge in [-0.25, -0.2) is 12.8 Å². The van der Waals surface area contributed by atoms with Crippen LogP contribution in [0.4, 0.5) is 4.39 Å². The van der Waals surface area contributed by atoms with Gasteiger partial charge in [-0.3, -0.25) is 0 Å². The van der Waals surface area contributed by atoms with Gasteiger partial charge in [-0.05, 0) is 69.4 Å². The molecule has 0 saturated heterocycles. The molecule has 6 nitrogen and oxygen atoms in total. The third-order valence-corrected chi connectivity index (χ3v) is 7.53. The Balaban J connectivity index is 1.74. The Morgan fingerprint density at radius 2 is 1.82 bits per heavy atom. The van der Waals surface area contributed by atoms with E-state index >= 15 is 0 Å². The van der Waals surface area contributed by atoms with Gasteiger partial charge >= 0.3 is 0 Å². The van der Waals surface area contributed by atoms with Gasteiger partial charge in [0.25, 0.3) is 10.0 Å². The molecule has 180 valence electrons. The standard InChI is InChI=1S/C25H33FN2O4S/c1-17(20-8-6-7-9-21(20)26)14-23-28-33(29,30)22(25(4,5)32-23)15-18-10-12-19(13-11-18)31-16-24(2,3)27/h6-13,17,22H,14-16,27H2,1-5H3/t17-,22+/m1/s1. The Morgan fingerprint density at radius 3 is 2.39 bits per heavy atom. The zero-order valence-electron chi connectivity index (χ0n) is 19.8. The molecule has 8 heteroatoms. The molecule has 33 heavy (non-hydrogen) atoms. The summed E-state index contributed by atoms with van der Waals surface area (Å²) in [5.74, 6) is 0.171. The van der Waals surface area contributed by atoms with Crippen molar-refractivity contribution in [1.29, 1.82) is 0 Å². The second-order valence-corrected chi connectivity index (χ2v) is 11.7. The van der Waals surface area contributed by atoms with Crippen LogP contribution in [-0.4, -0.2) is 37.3 Å². The van der Waals surface area contributed by atoms with Gasteiger partial charge in [-0.15, -0.1) is 4.40 Å². The fourth-order valence-corrected chi connectivity index (χ4v) is 5.53. The van der Waals surface area contributed by atoms with Gasteiger partial charge < -0.3 is 15.2 Å². The second-order valence-electron chi connectivity index (χ2n) is 9.95. The molecule has 2 N–H and O–H groups in total. The van der Waals surface area contributed by atoms with Crippen LogP contribution in [0.15, 0.2) is 52.9 Å². The minimum Gasteiger partial charge on any atom is -0.492 e. The van der Waals surface area contributed by atoms with Crippen molar-refractivity contribution in [3.63, 3.8) is 0 Å². The van der Waals surface area contributed by atoms with E-state index in [1.54, 1.807) is 44.2 Å². The van der Waals surface area contributed by atoms with Crippen LogP contribution in [0.3, 0.4) is 0 Å². The molecule has 1 aliphatic rings. The van der Waals surface area contributed by atoms with E-state index in [1.165, 1.54) is 6.07 Å². The van der Waals surface area contributed by atoms with Crippen molar-refractivity contribution >= 4 is 15.9 Å². The molecular weight excluding hydrogens is 443 g/mol. The van der Waals surface area contributed by atoms with Crippen LogP contribution in [0.25, 0.3) is 0 Å². The van der Waals surface area contributed by atoms with E-state index in [-0.39, 0.29) is 30.5 Å². The number of hydrogen-bond donors (Lipinski definition) is 1. The van der Waals surface area contributed by atoms with E-state index < -0.39 is 26.4 Å². The highest BCUT2D eigenvalue weighted by atomic mass is 32.2. The van der Waals surface area contributed by atoms with Crippen LogP contribution in [-0.2, 0) is 21.2 Å². The summed E-state index contributed by atoms with van der Waals surface area (Å²) >= 11 is 0. The molecule has 1 aliphatic heterocycles. The molecule has 2 aromatic carbocycles. The first-order valence-electron chi connectivity index (χ1n) is 11.0. The number of ether oxygens (including phenoxy) is 2. The molecule has 0 saturated carbocycles. The van der Waals surface area contributed by atoms with Gasteiger partial charge in [-0.1, -0.05) is 37.3 Å². The predicted octanol–water partition coefficient (Wildman–Crippen LogP) is 4.58. The summed E-state index contributed by atoms with van der Waals surface area (Å²) in [4.78, 5) is 0. The summed E-state index contributed by atoms with van der Waals surface area (Å²) in [6, 6.07) is 13.7. The van der Waals surface area contributed by atoms with Crippen molar-refractivity contribution in [1.82, 2.24) is 0 Å². The van der Waals surface area contributed by atoms with Crippen molar-refractivity contribution in [3.05, 3.63) is 65.5 Å². The van der Waals surface area contributed by atoms with Crippen LogP contribution in [0.1, 0.15) is 58.1 Å². The second kappa shape index (κ2) is 9.43. The lowest BCUT2D eigenvalue weighted by Crippen LogP contribution is -2.50. The van der Waals surface area contributed by atoms with Crippen molar-refractivity contribution in [2.45, 2.75) is 69.8 Å². The number of nitrogens with two attached hydrogens (primary N) is 1. The maximum Gasteiger partial charge on any atom is 0.263 e. The van der Waals surface area contributed by atoms with Crippen molar-refractivity contribution < 1.29 is 22.3 Å². The lowest BCUT2D eigenvalue weighted by Gasteiger charge is -2.37. The van der Waals surface area contributed by atoms with Crippen molar-refractivity contribution in [3.8, 4) is 5.75 Å². The Bertz CT molecular complexity index is 1110. The molecule has 1 heterocycles. The average molecular weight is 477 g/mol. The maximum absolute atomic E-state index is 14.1. The molecular formula is C25H33FN2O4S. The van der Waals surface area contributed by atoms with Gasteiger partial charge in [-0.2, -0.15) is 0 Å². The molecule has 0 unspecified atom stereocenters. The van der Waals surface area contributed by atoms with E-state index in [9.17, 15) is 12.8 Å². The highest BCUT2D eigenvalue weighted by molar-refractivity contribution is 7.91. The third-order valence-electron chi connectivity index (χ3n) is 5.62. The number of halogens is 1. The summed E-state index contributed by atoms with van der Waals surface area (Å²) in [5.41, 5.74) is 5.83. The molecule has 2 atom stereocenters. The summed E-state index contributed by atoms with van der Waals surface area (Å²) in [6.07, 6.45) is 0.442. The van der Waals surface area contributed by atoms with Gasteiger partial charge in [0.1, 0.15) is 29.0 Å². The zero-order valence-corrected chi connectivity index (χ0v) is 20.7. The van der Waals surface area contributed by atoms with Crippen molar-refractivity contribution in [2.24, 2.45) is 10.1 Å². The van der Waals surface area contributed by atoms with Crippen LogP contribution < -0.4 is 10.5 Å². The molecule has 2 aromatic rings. The average Bonchev–Trinajstić information content (AvgIpc) is 2.69. The van der Waals surface area contributed by atoms with Gasteiger partial charge in [0.15, 0.2) is 0 Å². The molecule has 0 spiro atoms. The fraction of sp³-hybridized carbons (Fsp3) is 0.480. The molecule has 0 aliphatic carbocycles. The summed E-state index contributed by atoms with van der Waals surface area (Å²) in [6.45, 7) is 9.45. The SMILES string of the molecule is C[C@H](CC1=NS(=O)(=O)[C@@H](Cc2ccc(OCC(C)(C)N)cc2)C(C)(C)O1)c1ccccc1F. The summed E-state index contributed by atoms with van der Waals surface area (Å²) in [7, 11) is -3.83. The minimum atomic E-state index is -3.83. The van der Waals surface area contributed by atoms with Crippen LogP contribution >= 0.6 is 0 Å². The number of rotatable bonds is 8. The van der Waals surface area contributed by atoms with E-state index in [0.717, 1.165) is 5.56 Å². The highest BCUT2D eigenvalue weighted by Gasteiger charge is 2.46. The minimum absolute atomic E-state index is 0.111. The summed E-state index contributed by atoms with van der Waals surface area (Å²) in [5, 5.41) is -0.854. The number of hydrogen-bond acceptors (Lipinski definition) is 5. The lowest BCUT2D eigenvalue weighted by atomic mass is 9.95. The topological polar surface area (TPSA) is 91.0 Å². The van der Waals surface area contributed by atoms with Gasteiger partial charge in [0, 0.05) is 12.0 Å². The van der Waals surface area contributed by atoms with Crippen LogP contribution in [0, 0.1) is 5.82 Å². The first kappa shape index (κ1) is 25.2. The monoisotopic (exact) mass is 476 g/mol. The zero-order chi connectivity index (χ0) is 24.4. The highest BCUT2D eigenvalue weighted by Crippen LogP contribution is 2.34. The van der Waals surface area contributed by atoms with Crippen molar-refractivity contribution in [2.75, 3.05) is 6.61 Å². The van der Waals surface area contributed by atoms with Gasteiger partial charge in [0.2, 0.25) is 5.90 Å². The Labute approximate surface area is 196 Å². The predicted molar refractivity (Wildman–Crippen MR) is 129 cm³/mol. The fourth-order valence-electron chi connectivity index (χ4n) is 3.83. The molecule has 0 radical (unpaired) electrons.